The van der Waals surface area contributed by atoms with Gasteiger partial charge >= 0.3 is 0 Å². The third-order valence-electron chi connectivity index (χ3n) is 3.69. The Morgan fingerprint density at radius 2 is 1.85 bits per heavy atom. The van der Waals surface area contributed by atoms with Gasteiger partial charge in [-0.15, -0.1) is 0 Å². The van der Waals surface area contributed by atoms with Crippen LogP contribution in [0.15, 0.2) is 42.5 Å². The summed E-state index contributed by atoms with van der Waals surface area (Å²) in [6.07, 6.45) is 0. The molecule has 1 aromatic heterocycles. The summed E-state index contributed by atoms with van der Waals surface area (Å²) in [4.78, 5) is 4.49. The molecule has 102 valence electrons. The molecule has 3 rings (SSSR count). The average Bonchev–Trinajstić information content (AvgIpc) is 2.77. The Kier molecular flexibility index (Phi) is 3.14. The number of benzene rings is 2. The summed E-state index contributed by atoms with van der Waals surface area (Å²) in [5.41, 5.74) is 10.4. The first-order chi connectivity index (χ1) is 9.58. The number of halogens is 1. The van der Waals surface area contributed by atoms with Crippen molar-refractivity contribution < 1.29 is 0 Å². The topological polar surface area (TPSA) is 43.8 Å². The minimum Gasteiger partial charge on any atom is -0.369 e. The number of aryl methyl sites for hydroxylation is 1. The highest BCUT2D eigenvalue weighted by Gasteiger charge is 2.16. The maximum absolute atomic E-state index is 6.12. The number of aromatic nitrogens is 2. The van der Waals surface area contributed by atoms with Crippen LogP contribution in [-0.2, 0) is 0 Å². The lowest BCUT2D eigenvalue weighted by Gasteiger charge is -2.16. The van der Waals surface area contributed by atoms with Crippen LogP contribution in [0.4, 0.5) is 5.95 Å². The van der Waals surface area contributed by atoms with E-state index in [1.165, 1.54) is 0 Å². The number of nitrogen functional groups attached to an aromatic ring is 1. The van der Waals surface area contributed by atoms with Crippen LogP contribution < -0.4 is 5.73 Å². The van der Waals surface area contributed by atoms with Gasteiger partial charge in [-0.3, -0.25) is 0 Å². The molecule has 0 saturated carbocycles. The lowest BCUT2D eigenvalue weighted by atomic mass is 10.1. The number of nitrogens with zero attached hydrogens (tertiary/aromatic N) is 2. The summed E-state index contributed by atoms with van der Waals surface area (Å²) in [5, 5.41) is 0.736. The fraction of sp³-hybridized carbons (Fsp3) is 0.188. The number of hydrogen-bond acceptors (Lipinski definition) is 2. The molecule has 20 heavy (non-hydrogen) atoms. The van der Waals surface area contributed by atoms with Crippen LogP contribution in [0, 0.1) is 6.92 Å². The molecule has 2 N–H and O–H groups in total. The maximum atomic E-state index is 6.12. The van der Waals surface area contributed by atoms with E-state index >= 15 is 0 Å². The number of fused-ring (bicyclic) bond motifs is 1. The number of para-hydroxylation sites is 1. The first-order valence-electron chi connectivity index (χ1n) is 6.56. The molecular weight excluding hydrogens is 270 g/mol. The second-order valence-corrected chi connectivity index (χ2v) is 5.45. The van der Waals surface area contributed by atoms with Crippen LogP contribution in [0.5, 0.6) is 0 Å². The van der Waals surface area contributed by atoms with E-state index in [9.17, 15) is 0 Å². The molecule has 3 nitrogen and oxygen atoms in total. The molecule has 0 fully saturated rings. The van der Waals surface area contributed by atoms with Gasteiger partial charge < -0.3 is 10.3 Å². The first-order valence-corrected chi connectivity index (χ1v) is 6.94. The van der Waals surface area contributed by atoms with E-state index < -0.39 is 0 Å². The molecule has 0 aliphatic heterocycles. The lowest BCUT2D eigenvalue weighted by Crippen LogP contribution is -2.10. The van der Waals surface area contributed by atoms with Gasteiger partial charge in [-0.1, -0.05) is 35.9 Å². The standard InChI is InChI=1S/C16H16ClN3/c1-10-4-3-5-14-15(10)19-16(18)20(14)11(2)12-6-8-13(17)9-7-12/h3-9,11H,1-2H3,(H2,18,19). The Labute approximate surface area is 123 Å². The van der Waals surface area contributed by atoms with Gasteiger partial charge in [0.2, 0.25) is 5.95 Å². The fourth-order valence-corrected chi connectivity index (χ4v) is 2.70. The highest BCUT2D eigenvalue weighted by molar-refractivity contribution is 6.30. The van der Waals surface area contributed by atoms with E-state index in [1.807, 2.05) is 43.3 Å². The van der Waals surface area contributed by atoms with Crippen molar-refractivity contribution in [3.8, 4) is 0 Å². The van der Waals surface area contributed by atoms with Crippen LogP contribution in [0.3, 0.4) is 0 Å². The molecule has 0 aliphatic rings. The van der Waals surface area contributed by atoms with Crippen molar-refractivity contribution in [2.24, 2.45) is 0 Å². The van der Waals surface area contributed by atoms with Gasteiger partial charge in [0, 0.05) is 5.02 Å². The van der Waals surface area contributed by atoms with Crippen molar-refractivity contribution in [3.63, 3.8) is 0 Å². The fourth-order valence-electron chi connectivity index (χ4n) is 2.57. The molecule has 0 aliphatic carbocycles. The third kappa shape index (κ3) is 2.04. The molecule has 0 bridgehead atoms. The van der Waals surface area contributed by atoms with Crippen molar-refractivity contribution in [2.45, 2.75) is 19.9 Å². The summed E-state index contributed by atoms with van der Waals surface area (Å²) in [7, 11) is 0. The largest absolute Gasteiger partial charge is 0.369 e. The van der Waals surface area contributed by atoms with Gasteiger partial charge in [0.15, 0.2) is 0 Å². The second kappa shape index (κ2) is 4.84. The molecule has 1 heterocycles. The van der Waals surface area contributed by atoms with E-state index in [-0.39, 0.29) is 6.04 Å². The van der Waals surface area contributed by atoms with Crippen LogP contribution in [0.25, 0.3) is 11.0 Å². The van der Waals surface area contributed by atoms with Crippen molar-refractivity contribution in [1.82, 2.24) is 9.55 Å². The number of rotatable bonds is 2. The Morgan fingerprint density at radius 1 is 1.15 bits per heavy atom. The SMILES string of the molecule is Cc1cccc2c1nc(N)n2C(C)c1ccc(Cl)cc1. The normalized spacial score (nSPS) is 12.8. The highest BCUT2D eigenvalue weighted by atomic mass is 35.5. The molecule has 0 radical (unpaired) electrons. The second-order valence-electron chi connectivity index (χ2n) is 5.01. The van der Waals surface area contributed by atoms with Crippen molar-refractivity contribution in [3.05, 3.63) is 58.6 Å². The highest BCUT2D eigenvalue weighted by Crippen LogP contribution is 2.29. The number of hydrogen-bond donors (Lipinski definition) is 1. The number of imidazole rings is 1. The first kappa shape index (κ1) is 13.0. The third-order valence-corrected chi connectivity index (χ3v) is 3.94. The molecular formula is C16H16ClN3. The van der Waals surface area contributed by atoms with Crippen molar-refractivity contribution >= 4 is 28.6 Å². The summed E-state index contributed by atoms with van der Waals surface area (Å²) >= 11 is 5.94. The molecule has 1 unspecified atom stereocenters. The monoisotopic (exact) mass is 285 g/mol. The minimum atomic E-state index is 0.110. The molecule has 2 aromatic carbocycles. The zero-order chi connectivity index (χ0) is 14.3. The predicted molar refractivity (Wildman–Crippen MR) is 84.1 cm³/mol. The van der Waals surface area contributed by atoms with Gasteiger partial charge in [-0.05, 0) is 43.2 Å². The summed E-state index contributed by atoms with van der Waals surface area (Å²) in [5.74, 6) is 0.539. The molecule has 0 spiro atoms. The Hall–Kier alpha value is -2.00. The Bertz CT molecular complexity index is 759. The molecule has 0 saturated heterocycles. The van der Waals surface area contributed by atoms with E-state index in [2.05, 4.69) is 22.5 Å². The van der Waals surface area contributed by atoms with Crippen molar-refractivity contribution in [1.29, 1.82) is 0 Å². The van der Waals surface area contributed by atoms with Crippen LogP contribution in [0.1, 0.15) is 24.1 Å². The van der Waals surface area contributed by atoms with Gasteiger partial charge in [0.05, 0.1) is 17.1 Å². The van der Waals surface area contributed by atoms with Gasteiger partial charge in [0.25, 0.3) is 0 Å². The maximum Gasteiger partial charge on any atom is 0.201 e. The van der Waals surface area contributed by atoms with E-state index in [4.69, 9.17) is 17.3 Å². The van der Waals surface area contributed by atoms with Crippen LogP contribution in [-0.4, -0.2) is 9.55 Å². The zero-order valence-electron chi connectivity index (χ0n) is 11.5. The van der Waals surface area contributed by atoms with E-state index in [0.29, 0.717) is 5.95 Å². The number of nitrogens with two attached hydrogens (primary N) is 1. The van der Waals surface area contributed by atoms with Gasteiger partial charge in [0.1, 0.15) is 0 Å². The van der Waals surface area contributed by atoms with Gasteiger partial charge in [-0.2, -0.15) is 0 Å². The number of anilines is 1. The van der Waals surface area contributed by atoms with Crippen LogP contribution in [0.2, 0.25) is 5.02 Å². The molecule has 3 aromatic rings. The van der Waals surface area contributed by atoms with E-state index in [0.717, 1.165) is 27.2 Å². The van der Waals surface area contributed by atoms with Gasteiger partial charge in [-0.25, -0.2) is 4.98 Å². The minimum absolute atomic E-state index is 0.110. The lowest BCUT2D eigenvalue weighted by molar-refractivity contribution is 0.668. The van der Waals surface area contributed by atoms with Crippen LogP contribution >= 0.6 is 11.6 Å². The Morgan fingerprint density at radius 3 is 2.55 bits per heavy atom. The summed E-state index contributed by atoms with van der Waals surface area (Å²) < 4.78 is 2.06. The quantitative estimate of drug-likeness (QED) is 0.767. The average molecular weight is 286 g/mol. The van der Waals surface area contributed by atoms with E-state index in [1.54, 1.807) is 0 Å². The molecule has 0 amide bonds. The summed E-state index contributed by atoms with van der Waals surface area (Å²) in [6, 6.07) is 14.1. The zero-order valence-corrected chi connectivity index (χ0v) is 12.2. The smallest absolute Gasteiger partial charge is 0.201 e. The molecule has 4 heteroatoms. The predicted octanol–water partition coefficient (Wildman–Crippen LogP) is 4.19. The Balaban J connectivity index is 2.16. The van der Waals surface area contributed by atoms with Crippen molar-refractivity contribution in [2.75, 3.05) is 5.73 Å². The summed E-state index contributed by atoms with van der Waals surface area (Å²) in [6.45, 7) is 4.16. The molecule has 1 atom stereocenters.